The van der Waals surface area contributed by atoms with Crippen molar-refractivity contribution in [3.05, 3.63) is 89.3 Å². The third-order valence-electron chi connectivity index (χ3n) is 6.55. The van der Waals surface area contributed by atoms with E-state index in [0.717, 1.165) is 18.4 Å². The number of fused-ring (bicyclic) bond motifs is 3. The zero-order valence-electron chi connectivity index (χ0n) is 18.1. The Hall–Kier alpha value is -3.78. The van der Waals surface area contributed by atoms with Crippen LogP contribution in [-0.2, 0) is 9.84 Å². The molecule has 1 saturated heterocycles. The van der Waals surface area contributed by atoms with Crippen LogP contribution in [0, 0.1) is 0 Å². The number of rotatable bonds is 2. The Labute approximate surface area is 195 Å². The number of para-hydroxylation sites is 2. The summed E-state index contributed by atoms with van der Waals surface area (Å²) >= 11 is 0. The van der Waals surface area contributed by atoms with Gasteiger partial charge in [-0.05, 0) is 55.3 Å². The number of nitrogens with zero attached hydrogens (tertiary/aromatic N) is 2. The normalized spacial score (nSPS) is 19.0. The van der Waals surface area contributed by atoms with E-state index in [-0.39, 0.29) is 44.1 Å². The van der Waals surface area contributed by atoms with Gasteiger partial charge in [-0.25, -0.2) is 13.4 Å². The Kier molecular flexibility index (Phi) is 4.67. The number of oxazole rings is 1. The number of hydrogen-bond donors (Lipinski definition) is 0. The average Bonchev–Trinajstić information content (AvgIpc) is 3.31. The first kappa shape index (κ1) is 20.8. The molecule has 0 N–H and O–H groups in total. The summed E-state index contributed by atoms with van der Waals surface area (Å²) in [5.74, 6) is -0.0626. The van der Waals surface area contributed by atoms with Crippen molar-refractivity contribution in [3.8, 4) is 0 Å². The zero-order chi connectivity index (χ0) is 23.4. The summed E-state index contributed by atoms with van der Waals surface area (Å²) in [4.78, 5) is 32.4. The van der Waals surface area contributed by atoms with Crippen molar-refractivity contribution in [1.29, 1.82) is 0 Å². The molecule has 4 aromatic rings. The molecule has 1 amide bonds. The Balaban J connectivity index is 1.31. The summed E-state index contributed by atoms with van der Waals surface area (Å²) in [6.45, 7) is 0.985. The van der Waals surface area contributed by atoms with E-state index < -0.39 is 9.84 Å². The molecule has 0 radical (unpaired) electrons. The van der Waals surface area contributed by atoms with Gasteiger partial charge in [-0.3, -0.25) is 9.59 Å². The maximum atomic E-state index is 13.4. The molecular weight excluding hydrogens is 452 g/mol. The number of amides is 1. The SMILES string of the molecule is O=C1c2ccccc2S(=O)(=O)c2cc(C(=O)N3CCCC(c4nc5ccccc5o4)C3)ccc21. The molecule has 0 spiro atoms. The maximum absolute atomic E-state index is 13.4. The fraction of sp³-hybridized carbons (Fsp3) is 0.192. The van der Waals surface area contributed by atoms with Crippen molar-refractivity contribution in [2.75, 3.05) is 13.1 Å². The molecule has 3 heterocycles. The number of likely N-dealkylation sites (tertiary alicyclic amines) is 1. The Morgan fingerprint density at radius 3 is 2.59 bits per heavy atom. The van der Waals surface area contributed by atoms with Crippen LogP contribution in [0.4, 0.5) is 0 Å². The molecule has 1 unspecified atom stereocenters. The van der Waals surface area contributed by atoms with Crippen LogP contribution in [0.3, 0.4) is 0 Å². The van der Waals surface area contributed by atoms with Crippen molar-refractivity contribution < 1.29 is 22.4 Å². The van der Waals surface area contributed by atoms with Gasteiger partial charge < -0.3 is 9.32 Å². The lowest BCUT2D eigenvalue weighted by atomic mass is 9.96. The summed E-state index contributed by atoms with van der Waals surface area (Å²) in [7, 11) is -3.91. The van der Waals surface area contributed by atoms with Crippen LogP contribution in [0.15, 0.2) is 80.9 Å². The van der Waals surface area contributed by atoms with Crippen LogP contribution in [0.2, 0.25) is 0 Å². The summed E-state index contributed by atoms with van der Waals surface area (Å²) in [5, 5.41) is 0. The fourth-order valence-electron chi connectivity index (χ4n) is 4.83. The monoisotopic (exact) mass is 472 g/mol. The molecule has 1 aromatic heterocycles. The highest BCUT2D eigenvalue weighted by atomic mass is 32.2. The standard InChI is InChI=1S/C26H20N2O5S/c29-24-18-7-1-4-10-22(18)34(31,32)23-14-16(11-12-19(23)24)26(30)28-13-5-6-17(15-28)25-27-20-8-2-3-9-21(20)33-25/h1-4,7-12,14,17H,5-6,13,15H2. The minimum Gasteiger partial charge on any atom is -0.440 e. The molecule has 170 valence electrons. The first-order valence-electron chi connectivity index (χ1n) is 11.1. The van der Waals surface area contributed by atoms with E-state index in [9.17, 15) is 18.0 Å². The van der Waals surface area contributed by atoms with Crippen LogP contribution < -0.4 is 0 Å². The second-order valence-corrected chi connectivity index (χ2v) is 10.5. The topological polar surface area (TPSA) is 97.5 Å². The van der Waals surface area contributed by atoms with Crippen molar-refractivity contribution in [1.82, 2.24) is 9.88 Å². The summed E-state index contributed by atoms with van der Waals surface area (Å²) < 4.78 is 32.4. The highest BCUT2D eigenvalue weighted by Crippen LogP contribution is 2.35. The van der Waals surface area contributed by atoms with Crippen molar-refractivity contribution in [2.24, 2.45) is 0 Å². The molecule has 0 aliphatic carbocycles. The van der Waals surface area contributed by atoms with Gasteiger partial charge in [0.2, 0.25) is 9.84 Å². The number of hydrogen-bond acceptors (Lipinski definition) is 6. The predicted molar refractivity (Wildman–Crippen MR) is 124 cm³/mol. The second-order valence-electron chi connectivity index (χ2n) is 8.65. The summed E-state index contributed by atoms with van der Waals surface area (Å²) in [5.41, 5.74) is 1.99. The van der Waals surface area contributed by atoms with Gasteiger partial charge in [0.05, 0.1) is 15.7 Å². The highest BCUT2D eigenvalue weighted by molar-refractivity contribution is 7.91. The van der Waals surface area contributed by atoms with Gasteiger partial charge in [-0.15, -0.1) is 0 Å². The number of carbonyl (C=O) groups excluding carboxylic acids is 2. The highest BCUT2D eigenvalue weighted by Gasteiger charge is 2.36. The number of aromatic nitrogens is 1. The minimum absolute atomic E-state index is 0.0221. The largest absolute Gasteiger partial charge is 0.440 e. The van der Waals surface area contributed by atoms with Crippen molar-refractivity contribution in [3.63, 3.8) is 0 Å². The van der Waals surface area contributed by atoms with Gasteiger partial charge in [-0.2, -0.15) is 0 Å². The Morgan fingerprint density at radius 1 is 0.971 bits per heavy atom. The quantitative estimate of drug-likeness (QED) is 0.382. The second kappa shape index (κ2) is 7.63. The van der Waals surface area contributed by atoms with Crippen LogP contribution >= 0.6 is 0 Å². The van der Waals surface area contributed by atoms with E-state index >= 15 is 0 Å². The van der Waals surface area contributed by atoms with Crippen LogP contribution in [0.25, 0.3) is 11.1 Å². The molecule has 8 heteroatoms. The summed E-state index contributed by atoms with van der Waals surface area (Å²) in [6, 6.07) is 18.0. The molecule has 1 fully saturated rings. The smallest absolute Gasteiger partial charge is 0.253 e. The van der Waals surface area contributed by atoms with Gasteiger partial charge in [-0.1, -0.05) is 24.3 Å². The average molecular weight is 473 g/mol. The molecule has 0 bridgehead atoms. The third kappa shape index (κ3) is 3.17. The number of ketones is 1. The lowest BCUT2D eigenvalue weighted by Crippen LogP contribution is -2.39. The first-order valence-corrected chi connectivity index (χ1v) is 12.6. The molecule has 6 rings (SSSR count). The van der Waals surface area contributed by atoms with E-state index in [0.29, 0.717) is 24.6 Å². The van der Waals surface area contributed by atoms with Crippen molar-refractivity contribution in [2.45, 2.75) is 28.6 Å². The number of benzene rings is 3. The zero-order valence-corrected chi connectivity index (χ0v) is 18.9. The van der Waals surface area contributed by atoms with Gasteiger partial charge in [0.15, 0.2) is 17.3 Å². The van der Waals surface area contributed by atoms with E-state index in [2.05, 4.69) is 4.98 Å². The number of piperidine rings is 1. The van der Waals surface area contributed by atoms with Crippen LogP contribution in [0.1, 0.15) is 50.9 Å². The van der Waals surface area contributed by atoms with Crippen LogP contribution in [0.5, 0.6) is 0 Å². The minimum atomic E-state index is -3.91. The Morgan fingerprint density at radius 2 is 1.74 bits per heavy atom. The third-order valence-corrected chi connectivity index (χ3v) is 8.40. The molecule has 0 saturated carbocycles. The van der Waals surface area contributed by atoms with Gasteiger partial charge in [0, 0.05) is 29.8 Å². The number of sulfone groups is 1. The number of carbonyl (C=O) groups is 2. The molecule has 3 aromatic carbocycles. The van der Waals surface area contributed by atoms with E-state index in [1.165, 1.54) is 30.3 Å². The molecule has 2 aliphatic heterocycles. The molecular formula is C26H20N2O5S. The van der Waals surface area contributed by atoms with Crippen molar-refractivity contribution >= 4 is 32.6 Å². The first-order chi connectivity index (χ1) is 16.4. The van der Waals surface area contributed by atoms with Gasteiger partial charge >= 0.3 is 0 Å². The van der Waals surface area contributed by atoms with E-state index in [4.69, 9.17) is 4.42 Å². The predicted octanol–water partition coefficient (Wildman–Crippen LogP) is 4.22. The molecule has 1 atom stereocenters. The fourth-order valence-corrected chi connectivity index (χ4v) is 6.51. The van der Waals surface area contributed by atoms with E-state index in [1.54, 1.807) is 17.0 Å². The van der Waals surface area contributed by atoms with Gasteiger partial charge in [0.25, 0.3) is 5.91 Å². The van der Waals surface area contributed by atoms with Gasteiger partial charge in [0.1, 0.15) is 5.52 Å². The lowest BCUT2D eigenvalue weighted by molar-refractivity contribution is 0.0698. The molecule has 2 aliphatic rings. The maximum Gasteiger partial charge on any atom is 0.253 e. The summed E-state index contributed by atoms with van der Waals surface area (Å²) in [6.07, 6.45) is 1.63. The molecule has 34 heavy (non-hydrogen) atoms. The lowest BCUT2D eigenvalue weighted by Gasteiger charge is -2.31. The van der Waals surface area contributed by atoms with Crippen LogP contribution in [-0.4, -0.2) is 43.1 Å². The van der Waals surface area contributed by atoms with E-state index in [1.807, 2.05) is 24.3 Å². The Bertz CT molecular complexity index is 1550. The molecule has 7 nitrogen and oxygen atoms in total.